The third-order valence-electron chi connectivity index (χ3n) is 4.68. The molecule has 0 aromatic carbocycles. The normalized spacial score (nSPS) is 21.4. The fraction of sp³-hybridized carbons (Fsp3) is 0.812. The van der Waals surface area contributed by atoms with Crippen molar-refractivity contribution in [3.8, 4) is 6.07 Å². The van der Waals surface area contributed by atoms with E-state index >= 15 is 0 Å². The number of rotatable bonds is 5. The molecule has 0 unspecified atom stereocenters. The molecule has 2 fully saturated rings. The highest BCUT2D eigenvalue weighted by atomic mass is 16.2. The number of piperazine rings is 1. The van der Waals surface area contributed by atoms with Crippen molar-refractivity contribution in [2.75, 3.05) is 39.3 Å². The van der Waals surface area contributed by atoms with Gasteiger partial charge in [0.25, 0.3) is 0 Å². The Morgan fingerprint density at radius 3 is 2.36 bits per heavy atom. The van der Waals surface area contributed by atoms with Crippen LogP contribution in [0.5, 0.6) is 0 Å². The van der Waals surface area contributed by atoms with Gasteiger partial charge in [-0.25, -0.2) is 0 Å². The molecule has 2 aliphatic rings. The first-order valence-electron chi connectivity index (χ1n) is 8.31. The topological polar surface area (TPSA) is 76.4 Å². The zero-order valence-corrected chi connectivity index (χ0v) is 13.4. The summed E-state index contributed by atoms with van der Waals surface area (Å²) < 4.78 is 0. The van der Waals surface area contributed by atoms with Crippen LogP contribution < -0.4 is 5.32 Å². The lowest BCUT2D eigenvalue weighted by atomic mass is 9.86. The number of carbonyl (C=O) groups is 2. The van der Waals surface area contributed by atoms with E-state index in [4.69, 9.17) is 0 Å². The minimum atomic E-state index is -0.777. The number of nitrogens with zero attached hydrogens (tertiary/aromatic N) is 3. The molecule has 2 rings (SSSR count). The Kier molecular flexibility index (Phi) is 5.78. The lowest BCUT2D eigenvalue weighted by Gasteiger charge is -2.37. The third-order valence-corrected chi connectivity index (χ3v) is 4.68. The molecule has 0 atom stereocenters. The SMILES string of the molecule is CCCNC(=O)CN1CCN(C(=O)C2(C#N)CCCC2)CC1. The number of hydrogen-bond acceptors (Lipinski definition) is 4. The molecule has 0 bridgehead atoms. The van der Waals surface area contributed by atoms with Gasteiger partial charge in [0.2, 0.25) is 11.8 Å². The molecule has 6 nitrogen and oxygen atoms in total. The van der Waals surface area contributed by atoms with Crippen molar-refractivity contribution >= 4 is 11.8 Å². The molecule has 0 aromatic rings. The Balaban J connectivity index is 1.81. The lowest BCUT2D eigenvalue weighted by Crippen LogP contribution is -2.54. The van der Waals surface area contributed by atoms with Gasteiger partial charge in [0, 0.05) is 32.7 Å². The lowest BCUT2D eigenvalue weighted by molar-refractivity contribution is -0.140. The molecule has 22 heavy (non-hydrogen) atoms. The standard InChI is InChI=1S/C16H26N4O2/c1-2-7-18-14(21)12-19-8-10-20(11-9-19)15(22)16(13-17)5-3-4-6-16/h2-12H2,1H3,(H,18,21). The average molecular weight is 306 g/mol. The second-order valence-corrected chi connectivity index (χ2v) is 6.32. The largest absolute Gasteiger partial charge is 0.355 e. The molecule has 1 aliphatic heterocycles. The highest BCUT2D eigenvalue weighted by Crippen LogP contribution is 2.39. The smallest absolute Gasteiger partial charge is 0.243 e. The van der Waals surface area contributed by atoms with Gasteiger partial charge in [-0.1, -0.05) is 19.8 Å². The average Bonchev–Trinajstić information content (AvgIpc) is 3.03. The van der Waals surface area contributed by atoms with Crippen LogP contribution in [0.4, 0.5) is 0 Å². The molecule has 1 heterocycles. The highest BCUT2D eigenvalue weighted by molar-refractivity contribution is 5.86. The highest BCUT2D eigenvalue weighted by Gasteiger charge is 2.44. The number of nitrogens with one attached hydrogen (secondary N) is 1. The molecule has 0 radical (unpaired) electrons. The van der Waals surface area contributed by atoms with Gasteiger partial charge in [0.05, 0.1) is 12.6 Å². The van der Waals surface area contributed by atoms with E-state index in [1.807, 2.05) is 11.8 Å². The summed E-state index contributed by atoms with van der Waals surface area (Å²) in [4.78, 5) is 28.2. The molecular formula is C16H26N4O2. The van der Waals surface area contributed by atoms with Crippen molar-refractivity contribution in [3.63, 3.8) is 0 Å². The van der Waals surface area contributed by atoms with Gasteiger partial charge in [-0.2, -0.15) is 5.26 Å². The van der Waals surface area contributed by atoms with Crippen molar-refractivity contribution in [3.05, 3.63) is 0 Å². The Hall–Kier alpha value is -1.61. The molecule has 2 amide bonds. The first kappa shape index (κ1) is 16.8. The van der Waals surface area contributed by atoms with Gasteiger partial charge in [-0.05, 0) is 19.3 Å². The molecule has 122 valence electrons. The third kappa shape index (κ3) is 3.77. The zero-order chi connectivity index (χ0) is 16.0. The van der Waals surface area contributed by atoms with E-state index in [0.29, 0.717) is 52.1 Å². The van der Waals surface area contributed by atoms with Crippen molar-refractivity contribution in [1.82, 2.24) is 15.1 Å². The minimum Gasteiger partial charge on any atom is -0.355 e. The van der Waals surface area contributed by atoms with E-state index in [1.54, 1.807) is 0 Å². The van der Waals surface area contributed by atoms with Crippen LogP contribution in [0.15, 0.2) is 0 Å². The van der Waals surface area contributed by atoms with Gasteiger partial charge in [0.1, 0.15) is 5.41 Å². The Bertz CT molecular complexity index is 444. The fourth-order valence-corrected chi connectivity index (χ4v) is 3.29. The predicted molar refractivity (Wildman–Crippen MR) is 82.8 cm³/mol. The van der Waals surface area contributed by atoms with Gasteiger partial charge < -0.3 is 10.2 Å². The van der Waals surface area contributed by atoms with Crippen molar-refractivity contribution in [2.24, 2.45) is 5.41 Å². The summed E-state index contributed by atoms with van der Waals surface area (Å²) >= 11 is 0. The van der Waals surface area contributed by atoms with Crippen LogP contribution in [-0.4, -0.2) is 60.9 Å². The summed E-state index contributed by atoms with van der Waals surface area (Å²) in [6.07, 6.45) is 4.27. The van der Waals surface area contributed by atoms with Crippen LogP contribution in [-0.2, 0) is 9.59 Å². The molecule has 1 N–H and O–H groups in total. The summed E-state index contributed by atoms with van der Waals surface area (Å²) in [5.41, 5.74) is -0.777. The van der Waals surface area contributed by atoms with Gasteiger partial charge >= 0.3 is 0 Å². The van der Waals surface area contributed by atoms with Gasteiger partial charge in [-0.3, -0.25) is 14.5 Å². The Morgan fingerprint density at radius 1 is 1.18 bits per heavy atom. The maximum atomic E-state index is 12.6. The second kappa shape index (κ2) is 7.59. The Morgan fingerprint density at radius 2 is 1.82 bits per heavy atom. The first-order chi connectivity index (χ1) is 10.6. The van der Waals surface area contributed by atoms with E-state index in [9.17, 15) is 14.9 Å². The van der Waals surface area contributed by atoms with Crippen LogP contribution >= 0.6 is 0 Å². The predicted octanol–water partition coefficient (Wildman–Crippen LogP) is 0.741. The van der Waals surface area contributed by atoms with Crippen LogP contribution in [0, 0.1) is 16.7 Å². The summed E-state index contributed by atoms with van der Waals surface area (Å²) in [6.45, 7) is 5.76. The zero-order valence-electron chi connectivity index (χ0n) is 13.4. The van der Waals surface area contributed by atoms with Gasteiger partial charge in [-0.15, -0.1) is 0 Å². The van der Waals surface area contributed by atoms with Crippen LogP contribution in [0.3, 0.4) is 0 Å². The number of carbonyl (C=O) groups excluding carboxylic acids is 2. The van der Waals surface area contributed by atoms with Gasteiger partial charge in [0.15, 0.2) is 0 Å². The molecule has 0 aromatic heterocycles. The van der Waals surface area contributed by atoms with Crippen molar-refractivity contribution in [2.45, 2.75) is 39.0 Å². The maximum Gasteiger partial charge on any atom is 0.243 e. The van der Waals surface area contributed by atoms with Crippen molar-refractivity contribution in [1.29, 1.82) is 5.26 Å². The monoisotopic (exact) mass is 306 g/mol. The molecule has 1 aliphatic carbocycles. The van der Waals surface area contributed by atoms with Crippen LogP contribution in [0.1, 0.15) is 39.0 Å². The van der Waals surface area contributed by atoms with E-state index in [1.165, 1.54) is 0 Å². The number of amides is 2. The van der Waals surface area contributed by atoms with Crippen molar-refractivity contribution < 1.29 is 9.59 Å². The molecule has 1 saturated heterocycles. The molecule has 0 spiro atoms. The summed E-state index contributed by atoms with van der Waals surface area (Å²) in [5.74, 6) is 0.0495. The Labute approximate surface area is 132 Å². The molecule has 1 saturated carbocycles. The second-order valence-electron chi connectivity index (χ2n) is 6.32. The first-order valence-corrected chi connectivity index (χ1v) is 8.31. The summed E-state index contributed by atoms with van der Waals surface area (Å²) in [7, 11) is 0. The van der Waals surface area contributed by atoms with E-state index in [2.05, 4.69) is 16.3 Å². The number of hydrogen-bond donors (Lipinski definition) is 1. The van der Waals surface area contributed by atoms with Crippen LogP contribution in [0.25, 0.3) is 0 Å². The maximum absolute atomic E-state index is 12.6. The van der Waals surface area contributed by atoms with E-state index < -0.39 is 5.41 Å². The van der Waals surface area contributed by atoms with E-state index in [-0.39, 0.29) is 11.8 Å². The fourth-order valence-electron chi connectivity index (χ4n) is 3.29. The summed E-state index contributed by atoms with van der Waals surface area (Å²) in [5, 5.41) is 12.3. The summed E-state index contributed by atoms with van der Waals surface area (Å²) in [6, 6.07) is 2.27. The molecular weight excluding hydrogens is 280 g/mol. The quantitative estimate of drug-likeness (QED) is 0.813. The minimum absolute atomic E-state index is 0.00239. The van der Waals surface area contributed by atoms with E-state index in [0.717, 1.165) is 19.3 Å². The molecule has 6 heteroatoms. The van der Waals surface area contributed by atoms with Crippen LogP contribution in [0.2, 0.25) is 0 Å². The number of nitriles is 1.